The maximum absolute atomic E-state index is 10.5. The highest BCUT2D eigenvalue weighted by atomic mass is 16.1. The Morgan fingerprint density at radius 1 is 1.00 bits per heavy atom. The van der Waals surface area contributed by atoms with Crippen molar-refractivity contribution in [3.05, 3.63) is 0 Å². The van der Waals surface area contributed by atoms with Crippen molar-refractivity contribution in [1.29, 1.82) is 0 Å². The van der Waals surface area contributed by atoms with Crippen LogP contribution in [-0.4, -0.2) is 6.29 Å². The molecule has 0 aromatic heterocycles. The predicted molar refractivity (Wildman–Crippen MR) is 55.9 cm³/mol. The molecule has 0 spiro atoms. The van der Waals surface area contributed by atoms with E-state index in [1.165, 1.54) is 44.9 Å². The Morgan fingerprint density at radius 3 is 1.93 bits per heavy atom. The zero-order valence-corrected chi connectivity index (χ0v) is 8.87. The van der Waals surface area contributed by atoms with Crippen molar-refractivity contribution < 1.29 is 4.79 Å². The Bertz CT molecular complexity index is 208. The highest BCUT2D eigenvalue weighted by Crippen LogP contribution is 2.61. The second kappa shape index (κ2) is 3.08. The highest BCUT2D eigenvalue weighted by Gasteiger charge is 2.50. The first-order chi connectivity index (χ1) is 6.80. The highest BCUT2D eigenvalue weighted by molar-refractivity contribution is 5.49. The van der Waals surface area contributed by atoms with Gasteiger partial charge in [0.15, 0.2) is 0 Å². The van der Waals surface area contributed by atoms with Gasteiger partial charge in [-0.1, -0.05) is 0 Å². The summed E-state index contributed by atoms with van der Waals surface area (Å²) in [6.07, 6.45) is 12.0. The average molecular weight is 192 g/mol. The van der Waals surface area contributed by atoms with E-state index in [-0.39, 0.29) is 0 Å². The van der Waals surface area contributed by atoms with Crippen LogP contribution >= 0.6 is 0 Å². The summed E-state index contributed by atoms with van der Waals surface area (Å²) >= 11 is 0. The van der Waals surface area contributed by atoms with Crippen molar-refractivity contribution in [1.82, 2.24) is 0 Å². The molecule has 4 aliphatic rings. The van der Waals surface area contributed by atoms with Crippen LogP contribution in [0.15, 0.2) is 0 Å². The van der Waals surface area contributed by atoms with E-state index in [4.69, 9.17) is 0 Å². The fourth-order valence-electron chi connectivity index (χ4n) is 4.96. The molecule has 0 heterocycles. The van der Waals surface area contributed by atoms with Gasteiger partial charge in [-0.15, -0.1) is 0 Å². The molecule has 1 nitrogen and oxygen atoms in total. The average Bonchev–Trinajstić information content (AvgIpc) is 2.12. The molecule has 4 bridgehead atoms. The second-order valence-electron chi connectivity index (χ2n) is 6.12. The van der Waals surface area contributed by atoms with Gasteiger partial charge >= 0.3 is 0 Å². The van der Waals surface area contributed by atoms with E-state index in [0.717, 1.165) is 30.5 Å². The van der Waals surface area contributed by atoms with Crippen LogP contribution in [0.2, 0.25) is 0 Å². The van der Waals surface area contributed by atoms with Gasteiger partial charge in [0.1, 0.15) is 6.29 Å². The topological polar surface area (TPSA) is 17.1 Å². The Kier molecular flexibility index (Phi) is 1.97. The van der Waals surface area contributed by atoms with Crippen LogP contribution in [0.4, 0.5) is 0 Å². The molecule has 0 unspecified atom stereocenters. The third-order valence-electron chi connectivity index (χ3n) is 4.96. The lowest BCUT2D eigenvalue weighted by Gasteiger charge is -2.57. The molecule has 0 saturated heterocycles. The first-order valence-corrected chi connectivity index (χ1v) is 6.23. The number of rotatable bonds is 3. The van der Waals surface area contributed by atoms with Gasteiger partial charge in [0.05, 0.1) is 0 Å². The molecule has 0 aromatic carbocycles. The summed E-state index contributed by atoms with van der Waals surface area (Å²) in [7, 11) is 0. The molecule has 0 amide bonds. The van der Waals surface area contributed by atoms with Gasteiger partial charge in [0, 0.05) is 6.42 Å². The van der Waals surface area contributed by atoms with Crippen molar-refractivity contribution in [3.8, 4) is 0 Å². The Balaban J connectivity index is 1.77. The van der Waals surface area contributed by atoms with E-state index in [0.29, 0.717) is 5.41 Å². The van der Waals surface area contributed by atoms with Crippen molar-refractivity contribution in [3.63, 3.8) is 0 Å². The van der Waals surface area contributed by atoms with Gasteiger partial charge in [0.2, 0.25) is 0 Å². The zero-order valence-electron chi connectivity index (χ0n) is 8.87. The van der Waals surface area contributed by atoms with Crippen LogP contribution in [0.5, 0.6) is 0 Å². The molecule has 4 aliphatic carbocycles. The molecule has 0 aliphatic heterocycles. The van der Waals surface area contributed by atoms with Gasteiger partial charge in [-0.3, -0.25) is 0 Å². The molecule has 14 heavy (non-hydrogen) atoms. The van der Waals surface area contributed by atoms with E-state index in [2.05, 4.69) is 0 Å². The molecule has 1 heteroatoms. The van der Waals surface area contributed by atoms with Crippen molar-refractivity contribution in [2.24, 2.45) is 23.2 Å². The van der Waals surface area contributed by atoms with Crippen molar-refractivity contribution in [2.75, 3.05) is 0 Å². The van der Waals surface area contributed by atoms with Gasteiger partial charge in [-0.2, -0.15) is 0 Å². The van der Waals surface area contributed by atoms with Gasteiger partial charge < -0.3 is 4.79 Å². The SMILES string of the molecule is O=CCCC12CC3CC(CC(C3)C1)C2. The summed E-state index contributed by atoms with van der Waals surface area (Å²) in [4.78, 5) is 10.5. The lowest BCUT2D eigenvalue weighted by molar-refractivity contribution is -0.110. The Morgan fingerprint density at radius 2 is 1.50 bits per heavy atom. The van der Waals surface area contributed by atoms with E-state index in [9.17, 15) is 4.79 Å². The van der Waals surface area contributed by atoms with Crippen LogP contribution in [0, 0.1) is 23.2 Å². The molecule has 0 N–H and O–H groups in total. The summed E-state index contributed by atoms with van der Waals surface area (Å²) in [5.74, 6) is 3.11. The minimum atomic E-state index is 0.621. The summed E-state index contributed by atoms with van der Waals surface area (Å²) in [6, 6.07) is 0. The Hall–Kier alpha value is -0.330. The fourth-order valence-corrected chi connectivity index (χ4v) is 4.96. The summed E-state index contributed by atoms with van der Waals surface area (Å²) in [5, 5.41) is 0. The van der Waals surface area contributed by atoms with Crippen molar-refractivity contribution >= 4 is 6.29 Å². The number of carbonyl (C=O) groups is 1. The zero-order chi connectivity index (χ0) is 9.60. The van der Waals surface area contributed by atoms with Crippen LogP contribution in [0.3, 0.4) is 0 Å². The van der Waals surface area contributed by atoms with E-state index < -0.39 is 0 Å². The monoisotopic (exact) mass is 192 g/mol. The van der Waals surface area contributed by atoms with Crippen LogP contribution in [0.25, 0.3) is 0 Å². The molecular formula is C13H20O. The standard InChI is InChI=1S/C13H20O/c14-3-1-2-13-7-10-4-11(8-13)6-12(5-10)9-13/h3,10-12H,1-2,4-9H2. The van der Waals surface area contributed by atoms with Crippen LogP contribution in [0.1, 0.15) is 51.4 Å². The maximum Gasteiger partial charge on any atom is 0.120 e. The molecule has 0 radical (unpaired) electrons. The lowest BCUT2D eigenvalue weighted by atomic mass is 9.49. The molecule has 78 valence electrons. The first kappa shape index (κ1) is 8.94. The molecule has 4 rings (SSSR count). The maximum atomic E-state index is 10.5. The summed E-state index contributed by atoms with van der Waals surface area (Å²) < 4.78 is 0. The second-order valence-corrected chi connectivity index (χ2v) is 6.12. The number of hydrogen-bond donors (Lipinski definition) is 0. The quantitative estimate of drug-likeness (QED) is 0.628. The fraction of sp³-hybridized carbons (Fsp3) is 0.923. The third-order valence-corrected chi connectivity index (χ3v) is 4.96. The predicted octanol–water partition coefficient (Wildman–Crippen LogP) is 3.18. The largest absolute Gasteiger partial charge is 0.303 e. The molecule has 0 atom stereocenters. The summed E-state index contributed by atoms with van der Waals surface area (Å²) in [6.45, 7) is 0. The molecule has 0 aromatic rings. The third kappa shape index (κ3) is 1.32. The number of aldehydes is 1. The molecule has 4 fully saturated rings. The lowest BCUT2D eigenvalue weighted by Crippen LogP contribution is -2.45. The van der Waals surface area contributed by atoms with Gasteiger partial charge in [-0.25, -0.2) is 0 Å². The minimum Gasteiger partial charge on any atom is -0.303 e. The normalized spacial score (nSPS) is 49.6. The first-order valence-electron chi connectivity index (χ1n) is 6.23. The van der Waals surface area contributed by atoms with E-state index in [1.54, 1.807) is 0 Å². The summed E-state index contributed by atoms with van der Waals surface area (Å²) in [5.41, 5.74) is 0.621. The number of carbonyl (C=O) groups excluding carboxylic acids is 1. The molecule has 4 saturated carbocycles. The number of hydrogen-bond acceptors (Lipinski definition) is 1. The molecular weight excluding hydrogens is 172 g/mol. The van der Waals surface area contributed by atoms with Crippen LogP contribution < -0.4 is 0 Å². The van der Waals surface area contributed by atoms with Crippen molar-refractivity contribution in [2.45, 2.75) is 51.4 Å². The minimum absolute atomic E-state index is 0.621. The smallest absolute Gasteiger partial charge is 0.120 e. The van der Waals surface area contributed by atoms with Gasteiger partial charge in [0.25, 0.3) is 0 Å². The van der Waals surface area contributed by atoms with Gasteiger partial charge in [-0.05, 0) is 68.1 Å². The van der Waals surface area contributed by atoms with Crippen LogP contribution in [-0.2, 0) is 4.79 Å². The Labute approximate surface area is 86.3 Å². The van der Waals surface area contributed by atoms with E-state index >= 15 is 0 Å². The van der Waals surface area contributed by atoms with E-state index in [1.807, 2.05) is 0 Å².